The van der Waals surface area contributed by atoms with Crippen LogP contribution in [0, 0.1) is 17.0 Å². The van der Waals surface area contributed by atoms with E-state index in [4.69, 9.17) is 0 Å². The van der Waals surface area contributed by atoms with Gasteiger partial charge in [0.05, 0.1) is 15.1 Å². The van der Waals surface area contributed by atoms with Crippen LogP contribution in [0.15, 0.2) is 28.9 Å². The molecule has 0 saturated heterocycles. The van der Waals surface area contributed by atoms with Crippen molar-refractivity contribution in [3.63, 3.8) is 0 Å². The van der Waals surface area contributed by atoms with Crippen molar-refractivity contribution in [3.8, 4) is 0 Å². The molecule has 0 radical (unpaired) electrons. The molecule has 106 valence electrons. The molecular formula is C13H15BrN4O2. The van der Waals surface area contributed by atoms with Gasteiger partial charge in [0.25, 0.3) is 5.69 Å². The van der Waals surface area contributed by atoms with Crippen molar-refractivity contribution in [2.24, 2.45) is 7.05 Å². The molecule has 0 aliphatic heterocycles. The van der Waals surface area contributed by atoms with Gasteiger partial charge >= 0.3 is 0 Å². The van der Waals surface area contributed by atoms with E-state index in [1.807, 2.05) is 26.2 Å². The third-order valence-corrected chi connectivity index (χ3v) is 3.64. The number of benzene rings is 1. The molecule has 7 heteroatoms. The first-order valence-corrected chi connectivity index (χ1v) is 6.89. The van der Waals surface area contributed by atoms with Crippen LogP contribution in [0.1, 0.15) is 16.8 Å². The maximum Gasteiger partial charge on any atom is 0.283 e. The standard InChI is InChI=1S/C13H15BrN4O2/c1-9-11(8-17(2)16-9)7-15-6-10-3-4-12(14)13(5-10)18(19)20/h3-5,8,15H,6-7H2,1-2H3. The van der Waals surface area contributed by atoms with Gasteiger partial charge in [0.2, 0.25) is 0 Å². The van der Waals surface area contributed by atoms with Gasteiger partial charge in [0.1, 0.15) is 0 Å². The van der Waals surface area contributed by atoms with Crippen LogP contribution in [0.4, 0.5) is 5.69 Å². The van der Waals surface area contributed by atoms with Gasteiger partial charge in [-0.15, -0.1) is 0 Å². The average Bonchev–Trinajstić information content (AvgIpc) is 2.69. The Hall–Kier alpha value is -1.73. The predicted octanol–water partition coefficient (Wildman–Crippen LogP) is 2.69. The van der Waals surface area contributed by atoms with Crippen LogP contribution >= 0.6 is 15.9 Å². The van der Waals surface area contributed by atoms with Crippen molar-refractivity contribution in [3.05, 3.63) is 55.8 Å². The average molecular weight is 339 g/mol. The molecule has 0 saturated carbocycles. The zero-order chi connectivity index (χ0) is 14.7. The summed E-state index contributed by atoms with van der Waals surface area (Å²) in [5.41, 5.74) is 3.07. The van der Waals surface area contributed by atoms with Crippen molar-refractivity contribution in [2.45, 2.75) is 20.0 Å². The molecule has 0 unspecified atom stereocenters. The number of aromatic nitrogens is 2. The Balaban J connectivity index is 1.99. The third-order valence-electron chi connectivity index (χ3n) is 2.97. The van der Waals surface area contributed by atoms with E-state index in [2.05, 4.69) is 26.3 Å². The molecule has 1 N–H and O–H groups in total. The summed E-state index contributed by atoms with van der Waals surface area (Å²) < 4.78 is 2.27. The van der Waals surface area contributed by atoms with Gasteiger partial charge in [-0.25, -0.2) is 0 Å². The number of aryl methyl sites for hydroxylation is 2. The number of nitrogens with one attached hydrogen (secondary N) is 1. The topological polar surface area (TPSA) is 73.0 Å². The quantitative estimate of drug-likeness (QED) is 0.671. The zero-order valence-electron chi connectivity index (χ0n) is 11.3. The molecule has 1 aromatic heterocycles. The fraction of sp³-hybridized carbons (Fsp3) is 0.308. The summed E-state index contributed by atoms with van der Waals surface area (Å²) in [5, 5.41) is 18.4. The van der Waals surface area contributed by atoms with Gasteiger partial charge in [-0.2, -0.15) is 5.10 Å². The van der Waals surface area contributed by atoms with E-state index >= 15 is 0 Å². The summed E-state index contributed by atoms with van der Waals surface area (Å²) in [6, 6.07) is 5.14. The van der Waals surface area contributed by atoms with Crippen LogP contribution in [0.5, 0.6) is 0 Å². The molecule has 2 rings (SSSR count). The molecule has 0 aliphatic rings. The highest BCUT2D eigenvalue weighted by Crippen LogP contribution is 2.25. The molecule has 0 atom stereocenters. The minimum atomic E-state index is -0.390. The summed E-state index contributed by atoms with van der Waals surface area (Å²) in [6.45, 7) is 3.22. The number of hydrogen-bond acceptors (Lipinski definition) is 4. The Kier molecular flexibility index (Phi) is 4.51. The first-order chi connectivity index (χ1) is 9.47. The smallest absolute Gasteiger partial charge is 0.283 e. The minimum absolute atomic E-state index is 0.0851. The van der Waals surface area contributed by atoms with Crippen LogP contribution in [0.25, 0.3) is 0 Å². The van der Waals surface area contributed by atoms with Crippen LogP contribution < -0.4 is 5.32 Å². The van der Waals surface area contributed by atoms with Gasteiger partial charge < -0.3 is 5.32 Å². The fourth-order valence-corrected chi connectivity index (χ4v) is 2.36. The number of nitrogens with zero attached hydrogens (tertiary/aromatic N) is 3. The highest BCUT2D eigenvalue weighted by molar-refractivity contribution is 9.10. The van der Waals surface area contributed by atoms with E-state index in [0.717, 1.165) is 16.8 Å². The lowest BCUT2D eigenvalue weighted by atomic mass is 10.2. The summed E-state index contributed by atoms with van der Waals surface area (Å²) in [5.74, 6) is 0. The number of halogens is 1. The predicted molar refractivity (Wildman–Crippen MR) is 79.3 cm³/mol. The molecular weight excluding hydrogens is 324 g/mol. The second-order valence-corrected chi connectivity index (χ2v) is 5.41. The third kappa shape index (κ3) is 3.43. The second-order valence-electron chi connectivity index (χ2n) is 4.56. The summed E-state index contributed by atoms with van der Waals surface area (Å²) in [6.07, 6.45) is 1.96. The second kappa shape index (κ2) is 6.15. The van der Waals surface area contributed by atoms with Gasteiger partial charge in [0.15, 0.2) is 0 Å². The van der Waals surface area contributed by atoms with Gasteiger partial charge in [-0.1, -0.05) is 6.07 Å². The molecule has 0 aliphatic carbocycles. The largest absolute Gasteiger partial charge is 0.308 e. The van der Waals surface area contributed by atoms with Crippen LogP contribution in [0.3, 0.4) is 0 Å². The number of hydrogen-bond donors (Lipinski definition) is 1. The maximum absolute atomic E-state index is 10.9. The zero-order valence-corrected chi connectivity index (χ0v) is 12.8. The molecule has 2 aromatic rings. The molecule has 0 fully saturated rings. The Labute approximate surface area is 125 Å². The Bertz CT molecular complexity index is 639. The maximum atomic E-state index is 10.9. The summed E-state index contributed by atoms with van der Waals surface area (Å²) in [7, 11) is 1.88. The van der Waals surface area contributed by atoms with Crippen molar-refractivity contribution in [1.29, 1.82) is 0 Å². The van der Waals surface area contributed by atoms with E-state index in [-0.39, 0.29) is 5.69 Å². The normalized spacial score (nSPS) is 10.8. The molecule has 1 heterocycles. The molecule has 0 spiro atoms. The first kappa shape index (κ1) is 14.7. The highest BCUT2D eigenvalue weighted by Gasteiger charge is 2.12. The van der Waals surface area contributed by atoms with E-state index in [1.165, 1.54) is 0 Å². The van der Waals surface area contributed by atoms with Crippen LogP contribution in [0.2, 0.25) is 0 Å². The molecule has 20 heavy (non-hydrogen) atoms. The van der Waals surface area contributed by atoms with Crippen LogP contribution in [-0.4, -0.2) is 14.7 Å². The number of nitro benzene ring substituents is 1. The van der Waals surface area contributed by atoms with E-state index in [9.17, 15) is 10.1 Å². The SMILES string of the molecule is Cc1nn(C)cc1CNCc1ccc(Br)c([N+](=O)[O-])c1. The van der Waals surface area contributed by atoms with E-state index in [1.54, 1.807) is 16.8 Å². The van der Waals surface area contributed by atoms with Gasteiger partial charge in [0, 0.05) is 38.0 Å². The number of rotatable bonds is 5. The van der Waals surface area contributed by atoms with Gasteiger partial charge in [-0.3, -0.25) is 14.8 Å². The van der Waals surface area contributed by atoms with Crippen molar-refractivity contribution < 1.29 is 4.92 Å². The van der Waals surface area contributed by atoms with Crippen molar-refractivity contribution in [1.82, 2.24) is 15.1 Å². The van der Waals surface area contributed by atoms with Crippen molar-refractivity contribution in [2.75, 3.05) is 0 Å². The summed E-state index contributed by atoms with van der Waals surface area (Å²) >= 11 is 3.18. The molecule has 1 aromatic carbocycles. The monoisotopic (exact) mass is 338 g/mol. The minimum Gasteiger partial charge on any atom is -0.308 e. The Morgan fingerprint density at radius 1 is 1.45 bits per heavy atom. The first-order valence-electron chi connectivity index (χ1n) is 6.10. The lowest BCUT2D eigenvalue weighted by Gasteiger charge is -2.05. The highest BCUT2D eigenvalue weighted by atomic mass is 79.9. The molecule has 6 nitrogen and oxygen atoms in total. The van der Waals surface area contributed by atoms with Crippen molar-refractivity contribution >= 4 is 21.6 Å². The molecule has 0 bridgehead atoms. The Morgan fingerprint density at radius 3 is 2.80 bits per heavy atom. The van der Waals surface area contributed by atoms with Gasteiger partial charge in [-0.05, 0) is 34.5 Å². The van der Waals surface area contributed by atoms with Crippen LogP contribution in [-0.2, 0) is 20.1 Å². The lowest BCUT2D eigenvalue weighted by Crippen LogP contribution is -2.13. The summed E-state index contributed by atoms with van der Waals surface area (Å²) in [4.78, 5) is 10.5. The Morgan fingerprint density at radius 2 is 2.20 bits per heavy atom. The van der Waals surface area contributed by atoms with E-state index in [0.29, 0.717) is 17.6 Å². The fourth-order valence-electron chi connectivity index (χ4n) is 1.97. The van der Waals surface area contributed by atoms with E-state index < -0.39 is 4.92 Å². The number of nitro groups is 1. The lowest BCUT2D eigenvalue weighted by molar-refractivity contribution is -0.385. The molecule has 0 amide bonds.